The van der Waals surface area contributed by atoms with Gasteiger partial charge in [-0.3, -0.25) is 9.36 Å². The number of benzene rings is 4. The molecule has 0 aliphatic heterocycles. The van der Waals surface area contributed by atoms with Gasteiger partial charge < -0.3 is 4.74 Å². The molecule has 1 heterocycles. The summed E-state index contributed by atoms with van der Waals surface area (Å²) in [6.07, 6.45) is 1.66. The number of nitrogens with one attached hydrogen (secondary N) is 1. The van der Waals surface area contributed by atoms with Gasteiger partial charge in [0, 0.05) is 16.8 Å². The van der Waals surface area contributed by atoms with Crippen molar-refractivity contribution in [3.63, 3.8) is 0 Å². The fraction of sp³-hybridized carbons (Fsp3) is 0.0714. The largest absolute Gasteiger partial charge is 0.497 e. The molecule has 7 nitrogen and oxygen atoms in total. The lowest BCUT2D eigenvalue weighted by Crippen LogP contribution is -2.20. The molecule has 0 aliphatic carbocycles. The van der Waals surface area contributed by atoms with Gasteiger partial charge in [-0.2, -0.15) is 5.10 Å². The zero-order valence-electron chi connectivity index (χ0n) is 19.5. The summed E-state index contributed by atoms with van der Waals surface area (Å²) in [5, 5.41) is 15.7. The van der Waals surface area contributed by atoms with Gasteiger partial charge in [-0.15, -0.1) is 10.2 Å². The predicted octanol–water partition coefficient (Wildman–Crippen LogP) is 5.34. The van der Waals surface area contributed by atoms with E-state index >= 15 is 0 Å². The Morgan fingerprint density at radius 3 is 2.50 bits per heavy atom. The summed E-state index contributed by atoms with van der Waals surface area (Å²) < 4.78 is 7.23. The van der Waals surface area contributed by atoms with Crippen molar-refractivity contribution in [3.05, 3.63) is 103 Å². The third-order valence-electron chi connectivity index (χ3n) is 5.54. The van der Waals surface area contributed by atoms with Crippen molar-refractivity contribution in [2.24, 2.45) is 5.10 Å². The van der Waals surface area contributed by atoms with Crippen LogP contribution in [0.2, 0.25) is 0 Å². The van der Waals surface area contributed by atoms with Gasteiger partial charge in [-0.05, 0) is 35.0 Å². The van der Waals surface area contributed by atoms with E-state index in [1.165, 1.54) is 11.8 Å². The molecule has 5 aromatic rings. The molecule has 4 aromatic carbocycles. The van der Waals surface area contributed by atoms with Crippen molar-refractivity contribution in [2.75, 3.05) is 12.9 Å². The number of hydrazone groups is 1. The number of carbonyl (C=O) groups is 1. The van der Waals surface area contributed by atoms with Gasteiger partial charge in [0.05, 0.1) is 19.1 Å². The molecule has 0 fully saturated rings. The molecule has 0 radical (unpaired) electrons. The molecule has 0 unspecified atom stereocenters. The van der Waals surface area contributed by atoms with E-state index in [4.69, 9.17) is 4.74 Å². The predicted molar refractivity (Wildman–Crippen MR) is 144 cm³/mol. The van der Waals surface area contributed by atoms with Gasteiger partial charge in [0.15, 0.2) is 11.0 Å². The zero-order valence-corrected chi connectivity index (χ0v) is 20.4. The summed E-state index contributed by atoms with van der Waals surface area (Å²) in [6, 6.07) is 31.5. The lowest BCUT2D eigenvalue weighted by atomic mass is 10.1. The summed E-state index contributed by atoms with van der Waals surface area (Å²) >= 11 is 1.30. The Morgan fingerprint density at radius 1 is 0.944 bits per heavy atom. The van der Waals surface area contributed by atoms with Gasteiger partial charge in [0.1, 0.15) is 5.75 Å². The Bertz CT molecular complexity index is 1510. The van der Waals surface area contributed by atoms with E-state index in [0.29, 0.717) is 11.0 Å². The van der Waals surface area contributed by atoms with Crippen molar-refractivity contribution >= 4 is 34.7 Å². The number of ether oxygens (including phenoxy) is 1. The second-order valence-electron chi connectivity index (χ2n) is 7.86. The highest BCUT2D eigenvalue weighted by Gasteiger charge is 2.17. The molecule has 0 saturated heterocycles. The fourth-order valence-electron chi connectivity index (χ4n) is 3.80. The van der Waals surface area contributed by atoms with Crippen LogP contribution in [0.1, 0.15) is 5.56 Å². The molecule has 36 heavy (non-hydrogen) atoms. The first-order chi connectivity index (χ1) is 17.7. The first-order valence-electron chi connectivity index (χ1n) is 11.3. The molecular weight excluding hydrogens is 470 g/mol. The molecule has 178 valence electrons. The maximum absolute atomic E-state index is 12.6. The van der Waals surface area contributed by atoms with E-state index in [1.54, 1.807) is 13.3 Å². The molecule has 0 atom stereocenters. The summed E-state index contributed by atoms with van der Waals surface area (Å²) in [7, 11) is 1.63. The summed E-state index contributed by atoms with van der Waals surface area (Å²) in [6.45, 7) is 0. The zero-order chi connectivity index (χ0) is 24.7. The van der Waals surface area contributed by atoms with E-state index in [1.807, 2.05) is 102 Å². The van der Waals surface area contributed by atoms with Crippen molar-refractivity contribution < 1.29 is 9.53 Å². The van der Waals surface area contributed by atoms with Crippen LogP contribution in [-0.2, 0) is 4.79 Å². The Morgan fingerprint density at radius 2 is 1.69 bits per heavy atom. The van der Waals surface area contributed by atoms with Crippen molar-refractivity contribution in [1.29, 1.82) is 0 Å². The number of rotatable bonds is 8. The lowest BCUT2D eigenvalue weighted by Gasteiger charge is -2.11. The highest BCUT2D eigenvalue weighted by molar-refractivity contribution is 7.99. The van der Waals surface area contributed by atoms with Crippen molar-refractivity contribution in [1.82, 2.24) is 20.2 Å². The molecule has 0 saturated carbocycles. The Labute approximate surface area is 212 Å². The van der Waals surface area contributed by atoms with E-state index in [0.717, 1.165) is 33.3 Å². The van der Waals surface area contributed by atoms with Crippen LogP contribution in [0, 0.1) is 0 Å². The fourth-order valence-corrected chi connectivity index (χ4v) is 4.55. The third kappa shape index (κ3) is 5.13. The molecule has 1 N–H and O–H groups in total. The quantitative estimate of drug-likeness (QED) is 0.179. The van der Waals surface area contributed by atoms with Crippen LogP contribution >= 0.6 is 11.8 Å². The number of amides is 1. The first-order valence-corrected chi connectivity index (χ1v) is 12.3. The average molecular weight is 494 g/mol. The molecule has 5 rings (SSSR count). The molecule has 0 spiro atoms. The van der Waals surface area contributed by atoms with Crippen LogP contribution in [0.15, 0.2) is 107 Å². The van der Waals surface area contributed by atoms with Crippen molar-refractivity contribution in [3.8, 4) is 22.8 Å². The highest BCUT2D eigenvalue weighted by atomic mass is 32.2. The number of nitrogens with zero attached hydrogens (tertiary/aromatic N) is 4. The average Bonchev–Trinajstić information content (AvgIpc) is 3.36. The number of methoxy groups -OCH3 is 1. The Kier molecular flexibility index (Phi) is 7.05. The molecule has 1 amide bonds. The maximum atomic E-state index is 12.6. The minimum Gasteiger partial charge on any atom is -0.497 e. The summed E-state index contributed by atoms with van der Waals surface area (Å²) in [5.41, 5.74) is 5.35. The maximum Gasteiger partial charge on any atom is 0.250 e. The minimum atomic E-state index is -0.234. The number of thioether (sulfide) groups is 1. The van der Waals surface area contributed by atoms with Gasteiger partial charge >= 0.3 is 0 Å². The van der Waals surface area contributed by atoms with E-state index < -0.39 is 0 Å². The Hall–Kier alpha value is -4.43. The normalized spacial score (nSPS) is 11.1. The molecule has 8 heteroatoms. The van der Waals surface area contributed by atoms with Crippen LogP contribution in [0.25, 0.3) is 27.8 Å². The van der Waals surface area contributed by atoms with E-state index in [-0.39, 0.29) is 11.7 Å². The molecular formula is C28H23N5O2S. The second-order valence-corrected chi connectivity index (χ2v) is 8.80. The van der Waals surface area contributed by atoms with Gasteiger partial charge in [0.2, 0.25) is 0 Å². The van der Waals surface area contributed by atoms with Crippen LogP contribution < -0.4 is 10.2 Å². The summed E-state index contributed by atoms with van der Waals surface area (Å²) in [4.78, 5) is 12.6. The number of carbonyl (C=O) groups excluding carboxylic acids is 1. The monoisotopic (exact) mass is 493 g/mol. The molecule has 1 aromatic heterocycles. The summed E-state index contributed by atoms with van der Waals surface area (Å²) in [5.74, 6) is 1.35. The minimum absolute atomic E-state index is 0.135. The molecule has 0 aliphatic rings. The van der Waals surface area contributed by atoms with Gasteiger partial charge in [0.25, 0.3) is 5.91 Å². The van der Waals surface area contributed by atoms with Gasteiger partial charge in [-0.1, -0.05) is 84.6 Å². The van der Waals surface area contributed by atoms with Gasteiger partial charge in [-0.25, -0.2) is 5.43 Å². The lowest BCUT2D eigenvalue weighted by molar-refractivity contribution is -0.118. The van der Waals surface area contributed by atoms with Crippen LogP contribution in [-0.4, -0.2) is 39.7 Å². The first kappa shape index (κ1) is 23.3. The highest BCUT2D eigenvalue weighted by Crippen LogP contribution is 2.28. The number of hydrogen-bond acceptors (Lipinski definition) is 6. The standard InChI is InChI=1S/C28H23N5O2S/c1-35-24-16-14-23(15-17-24)33-27(21-9-3-2-4-10-21)31-32-28(33)36-19-26(34)30-29-18-22-12-7-11-20-8-5-6-13-25(20)22/h2-18H,19H2,1H3,(H,30,34). The Balaban J connectivity index is 1.32. The molecule has 0 bridgehead atoms. The second kappa shape index (κ2) is 10.9. The van der Waals surface area contributed by atoms with E-state index in [9.17, 15) is 4.79 Å². The van der Waals surface area contributed by atoms with Crippen LogP contribution in [0.3, 0.4) is 0 Å². The van der Waals surface area contributed by atoms with Crippen LogP contribution in [0.4, 0.5) is 0 Å². The van der Waals surface area contributed by atoms with Crippen LogP contribution in [0.5, 0.6) is 5.75 Å². The number of fused-ring (bicyclic) bond motifs is 1. The smallest absolute Gasteiger partial charge is 0.250 e. The SMILES string of the molecule is COc1ccc(-n2c(SCC(=O)NN=Cc3cccc4ccccc34)nnc2-c2ccccc2)cc1. The van der Waals surface area contributed by atoms with E-state index in [2.05, 4.69) is 20.7 Å². The number of aromatic nitrogens is 3. The van der Waals surface area contributed by atoms with Crippen molar-refractivity contribution in [2.45, 2.75) is 5.16 Å². The third-order valence-corrected chi connectivity index (χ3v) is 6.47. The topological polar surface area (TPSA) is 81.4 Å². The number of hydrogen-bond donors (Lipinski definition) is 1.